The third-order valence-corrected chi connectivity index (χ3v) is 2.87. The highest BCUT2D eigenvalue weighted by atomic mass is 16.4. The second kappa shape index (κ2) is 7.48. The summed E-state index contributed by atoms with van der Waals surface area (Å²) >= 11 is 0. The Hall–Kier alpha value is -2.10. The van der Waals surface area contributed by atoms with Gasteiger partial charge in [-0.2, -0.15) is 0 Å². The number of carbonyl (C=O) groups excluding carboxylic acids is 1. The zero-order valence-electron chi connectivity index (χ0n) is 12.2. The predicted molar refractivity (Wildman–Crippen MR) is 80.1 cm³/mol. The van der Waals surface area contributed by atoms with Crippen molar-refractivity contribution in [3.63, 3.8) is 0 Å². The molecule has 4 nitrogen and oxygen atoms in total. The molecular weight excluding hydrogens is 254 g/mol. The SMILES string of the molecule is CCCC(=O)N(CC=C(C)C)c1ccccc1C(=O)O. The monoisotopic (exact) mass is 275 g/mol. The Labute approximate surface area is 119 Å². The summed E-state index contributed by atoms with van der Waals surface area (Å²) in [6, 6.07) is 6.61. The maximum atomic E-state index is 12.2. The molecule has 0 saturated heterocycles. The van der Waals surface area contributed by atoms with Gasteiger partial charge in [0.25, 0.3) is 0 Å². The van der Waals surface area contributed by atoms with E-state index in [4.69, 9.17) is 0 Å². The smallest absolute Gasteiger partial charge is 0.337 e. The third-order valence-electron chi connectivity index (χ3n) is 2.87. The van der Waals surface area contributed by atoms with E-state index < -0.39 is 5.97 Å². The number of carboxylic acids is 1. The van der Waals surface area contributed by atoms with Crippen molar-refractivity contribution < 1.29 is 14.7 Å². The number of amides is 1. The van der Waals surface area contributed by atoms with E-state index in [0.717, 1.165) is 12.0 Å². The fraction of sp³-hybridized carbons (Fsp3) is 0.375. The Morgan fingerprint density at radius 1 is 1.25 bits per heavy atom. The van der Waals surface area contributed by atoms with Crippen LogP contribution in [0.3, 0.4) is 0 Å². The van der Waals surface area contributed by atoms with Crippen LogP contribution < -0.4 is 4.90 Å². The minimum Gasteiger partial charge on any atom is -0.478 e. The van der Waals surface area contributed by atoms with E-state index in [2.05, 4.69) is 0 Å². The molecule has 0 heterocycles. The van der Waals surface area contributed by atoms with E-state index in [1.165, 1.54) is 6.07 Å². The Morgan fingerprint density at radius 3 is 2.45 bits per heavy atom. The molecule has 0 aliphatic rings. The molecule has 108 valence electrons. The van der Waals surface area contributed by atoms with Crippen LogP contribution in [0.1, 0.15) is 44.0 Å². The highest BCUT2D eigenvalue weighted by molar-refractivity contribution is 6.02. The highest BCUT2D eigenvalue weighted by Crippen LogP contribution is 2.22. The second-order valence-electron chi connectivity index (χ2n) is 4.86. The van der Waals surface area contributed by atoms with Crippen molar-refractivity contribution in [1.82, 2.24) is 0 Å². The molecule has 0 radical (unpaired) electrons. The molecule has 0 unspecified atom stereocenters. The molecule has 1 aromatic carbocycles. The molecule has 0 bridgehead atoms. The number of anilines is 1. The van der Waals surface area contributed by atoms with Crippen LogP contribution in [-0.2, 0) is 4.79 Å². The summed E-state index contributed by atoms with van der Waals surface area (Å²) in [7, 11) is 0. The lowest BCUT2D eigenvalue weighted by Crippen LogP contribution is -2.32. The van der Waals surface area contributed by atoms with Crippen LogP contribution in [0.4, 0.5) is 5.69 Å². The van der Waals surface area contributed by atoms with Crippen LogP contribution in [0.15, 0.2) is 35.9 Å². The normalized spacial score (nSPS) is 9.95. The van der Waals surface area contributed by atoms with Crippen LogP contribution in [-0.4, -0.2) is 23.5 Å². The lowest BCUT2D eigenvalue weighted by atomic mass is 10.1. The molecule has 1 rings (SSSR count). The van der Waals surface area contributed by atoms with E-state index in [1.54, 1.807) is 23.1 Å². The third kappa shape index (κ3) is 4.23. The molecule has 1 N–H and O–H groups in total. The molecule has 1 aromatic rings. The molecule has 0 aliphatic heterocycles. The highest BCUT2D eigenvalue weighted by Gasteiger charge is 2.19. The number of nitrogens with zero attached hydrogens (tertiary/aromatic N) is 1. The number of carboxylic acid groups (broad SMARTS) is 1. The molecule has 0 spiro atoms. The minimum atomic E-state index is -1.02. The van der Waals surface area contributed by atoms with Gasteiger partial charge < -0.3 is 10.0 Å². The summed E-state index contributed by atoms with van der Waals surface area (Å²) in [6.45, 7) is 6.22. The maximum absolute atomic E-state index is 12.2. The quantitative estimate of drug-likeness (QED) is 0.808. The van der Waals surface area contributed by atoms with Gasteiger partial charge in [-0.25, -0.2) is 4.79 Å². The van der Waals surface area contributed by atoms with Crippen LogP contribution >= 0.6 is 0 Å². The van der Waals surface area contributed by atoms with Crippen LogP contribution in [0, 0.1) is 0 Å². The molecule has 0 aliphatic carbocycles. The van der Waals surface area contributed by atoms with Crippen LogP contribution in [0.25, 0.3) is 0 Å². The molecule has 0 atom stereocenters. The number of benzene rings is 1. The van der Waals surface area contributed by atoms with Crippen molar-refractivity contribution in [2.24, 2.45) is 0 Å². The molecular formula is C16H21NO3. The van der Waals surface area contributed by atoms with E-state index in [9.17, 15) is 14.7 Å². The molecule has 1 amide bonds. The minimum absolute atomic E-state index is 0.0568. The lowest BCUT2D eigenvalue weighted by molar-refractivity contribution is -0.118. The average molecular weight is 275 g/mol. The van der Waals surface area contributed by atoms with Crippen molar-refractivity contribution in [2.75, 3.05) is 11.4 Å². The first-order valence-electron chi connectivity index (χ1n) is 6.73. The number of carbonyl (C=O) groups is 2. The number of aromatic carboxylic acids is 1. The topological polar surface area (TPSA) is 57.6 Å². The fourth-order valence-electron chi connectivity index (χ4n) is 1.85. The van der Waals surface area contributed by atoms with Gasteiger partial charge in [0.1, 0.15) is 0 Å². The summed E-state index contributed by atoms with van der Waals surface area (Å²) in [5.41, 5.74) is 1.70. The van der Waals surface area contributed by atoms with Gasteiger partial charge in [0.05, 0.1) is 11.3 Å². The van der Waals surface area contributed by atoms with E-state index in [0.29, 0.717) is 18.7 Å². The second-order valence-corrected chi connectivity index (χ2v) is 4.86. The maximum Gasteiger partial charge on any atom is 0.337 e. The summed E-state index contributed by atoms with van der Waals surface area (Å²) in [5.74, 6) is -1.08. The van der Waals surface area contributed by atoms with Gasteiger partial charge in [-0.05, 0) is 32.4 Å². The first-order chi connectivity index (χ1) is 9.47. The number of hydrogen-bond acceptors (Lipinski definition) is 2. The van der Waals surface area contributed by atoms with E-state index in [1.807, 2.05) is 26.8 Å². The van der Waals surface area contributed by atoms with Crippen LogP contribution in [0.2, 0.25) is 0 Å². The summed E-state index contributed by atoms with van der Waals surface area (Å²) in [6.07, 6.45) is 3.07. The largest absolute Gasteiger partial charge is 0.478 e. The lowest BCUT2D eigenvalue weighted by Gasteiger charge is -2.23. The van der Waals surface area contributed by atoms with Gasteiger partial charge in [-0.3, -0.25) is 4.79 Å². The van der Waals surface area contributed by atoms with E-state index >= 15 is 0 Å². The fourth-order valence-corrected chi connectivity index (χ4v) is 1.85. The Kier molecular flexibility index (Phi) is 5.97. The van der Waals surface area contributed by atoms with Gasteiger partial charge in [0.15, 0.2) is 0 Å². The first-order valence-corrected chi connectivity index (χ1v) is 6.73. The van der Waals surface area contributed by atoms with Gasteiger partial charge in [-0.15, -0.1) is 0 Å². The van der Waals surface area contributed by atoms with Crippen molar-refractivity contribution in [1.29, 1.82) is 0 Å². The van der Waals surface area contributed by atoms with Gasteiger partial charge in [0.2, 0.25) is 5.91 Å². The average Bonchev–Trinajstić information content (AvgIpc) is 2.39. The molecule has 20 heavy (non-hydrogen) atoms. The molecule has 0 saturated carbocycles. The van der Waals surface area contributed by atoms with Crippen molar-refractivity contribution in [3.05, 3.63) is 41.5 Å². The standard InChI is InChI=1S/C16H21NO3/c1-4-7-15(18)17(11-10-12(2)3)14-9-6-5-8-13(14)16(19)20/h5-6,8-10H,4,7,11H2,1-3H3,(H,19,20). The number of para-hydroxylation sites is 1. The summed E-state index contributed by atoms with van der Waals surface area (Å²) < 4.78 is 0. The summed E-state index contributed by atoms with van der Waals surface area (Å²) in [5, 5.41) is 9.25. The first kappa shape index (κ1) is 16.0. The predicted octanol–water partition coefficient (Wildman–Crippen LogP) is 3.48. The van der Waals surface area contributed by atoms with Crippen molar-refractivity contribution >= 4 is 17.6 Å². The zero-order chi connectivity index (χ0) is 15.1. The number of allylic oxidation sites excluding steroid dienone is 1. The van der Waals surface area contributed by atoms with Gasteiger partial charge in [-0.1, -0.05) is 30.7 Å². The van der Waals surface area contributed by atoms with Gasteiger partial charge in [0, 0.05) is 13.0 Å². The summed E-state index contributed by atoms with van der Waals surface area (Å²) in [4.78, 5) is 25.1. The van der Waals surface area contributed by atoms with Gasteiger partial charge >= 0.3 is 5.97 Å². The van der Waals surface area contributed by atoms with Crippen molar-refractivity contribution in [3.8, 4) is 0 Å². The van der Waals surface area contributed by atoms with E-state index in [-0.39, 0.29) is 11.5 Å². The Balaban J connectivity index is 3.19. The molecule has 0 fully saturated rings. The Bertz CT molecular complexity index is 516. The zero-order valence-corrected chi connectivity index (χ0v) is 12.2. The van der Waals surface area contributed by atoms with Crippen LogP contribution in [0.5, 0.6) is 0 Å². The number of hydrogen-bond donors (Lipinski definition) is 1. The molecule has 0 aromatic heterocycles. The number of rotatable bonds is 6. The molecule has 4 heteroatoms. The van der Waals surface area contributed by atoms with Crippen molar-refractivity contribution in [2.45, 2.75) is 33.6 Å². The Morgan fingerprint density at radius 2 is 1.90 bits per heavy atom.